The molecule has 0 bridgehead atoms. The topological polar surface area (TPSA) is 0 Å². The van der Waals surface area contributed by atoms with Crippen molar-refractivity contribution in [1.82, 2.24) is 0 Å². The van der Waals surface area contributed by atoms with Crippen molar-refractivity contribution >= 4 is 0 Å². The van der Waals surface area contributed by atoms with Crippen molar-refractivity contribution in [2.24, 2.45) is 56.7 Å². The average Bonchev–Trinajstić information content (AvgIpc) is 3.27. The molecule has 0 heteroatoms. The maximum absolute atomic E-state index is 4.38. The molecule has 0 heterocycles. The minimum atomic E-state index is 0.572. The van der Waals surface area contributed by atoms with Crippen LogP contribution < -0.4 is 0 Å². The first-order valence-corrected chi connectivity index (χ1v) is 14.1. The van der Waals surface area contributed by atoms with Gasteiger partial charge in [-0.2, -0.15) is 0 Å². The lowest BCUT2D eigenvalue weighted by Crippen LogP contribution is -2.56. The summed E-state index contributed by atoms with van der Waals surface area (Å²) in [6.45, 7) is 22.4. The number of allylic oxidation sites excluding steroid dienone is 1. The molecule has 31 heavy (non-hydrogen) atoms. The molecule has 176 valence electrons. The third-order valence-corrected chi connectivity index (χ3v) is 13.3. The van der Waals surface area contributed by atoms with Gasteiger partial charge in [0.1, 0.15) is 0 Å². The van der Waals surface area contributed by atoms with Gasteiger partial charge < -0.3 is 0 Å². The van der Waals surface area contributed by atoms with Gasteiger partial charge in [0.2, 0.25) is 0 Å². The SMILES string of the molecule is C=C(CCC(C)C1CCC2(C)C3CCC4C(C)(C)CCCC45CC35CCC12C)C(C)C. The van der Waals surface area contributed by atoms with Crippen LogP contribution in [0, 0.1) is 56.7 Å². The third kappa shape index (κ3) is 2.78. The first-order chi connectivity index (χ1) is 14.4. The van der Waals surface area contributed by atoms with E-state index in [0.717, 1.165) is 34.5 Å². The first kappa shape index (κ1) is 22.5. The zero-order valence-corrected chi connectivity index (χ0v) is 22.1. The molecule has 0 aliphatic heterocycles. The molecular weight excluding hydrogens is 372 g/mol. The molecule has 2 spiro atoms. The Bertz CT molecular complexity index is 743. The molecule has 0 amide bonds. The maximum Gasteiger partial charge on any atom is -0.0198 e. The Labute approximate surface area is 194 Å². The van der Waals surface area contributed by atoms with Crippen LogP contribution in [0.4, 0.5) is 0 Å². The van der Waals surface area contributed by atoms with E-state index in [-0.39, 0.29) is 0 Å². The molecule has 5 rings (SSSR count). The fourth-order valence-corrected chi connectivity index (χ4v) is 11.3. The summed E-state index contributed by atoms with van der Waals surface area (Å²) < 4.78 is 0. The summed E-state index contributed by atoms with van der Waals surface area (Å²) in [6, 6.07) is 0. The Hall–Kier alpha value is -0.260. The molecule has 0 N–H and O–H groups in total. The number of hydrogen-bond acceptors (Lipinski definition) is 0. The fraction of sp³-hybridized carbons (Fsp3) is 0.935. The van der Waals surface area contributed by atoms with E-state index < -0.39 is 0 Å². The van der Waals surface area contributed by atoms with Crippen LogP contribution in [0.15, 0.2) is 12.2 Å². The van der Waals surface area contributed by atoms with Crippen LogP contribution >= 0.6 is 0 Å². The predicted molar refractivity (Wildman–Crippen MR) is 134 cm³/mol. The highest BCUT2D eigenvalue weighted by Gasteiger charge is 2.81. The Morgan fingerprint density at radius 1 is 0.806 bits per heavy atom. The molecule has 8 atom stereocenters. The summed E-state index contributed by atoms with van der Waals surface area (Å²) in [5.41, 5.74) is 4.72. The summed E-state index contributed by atoms with van der Waals surface area (Å²) in [6.07, 6.45) is 18.0. The van der Waals surface area contributed by atoms with E-state index in [1.54, 1.807) is 32.1 Å². The summed E-state index contributed by atoms with van der Waals surface area (Å²) in [5, 5.41) is 0. The summed E-state index contributed by atoms with van der Waals surface area (Å²) in [7, 11) is 0. The fourth-order valence-electron chi connectivity index (χ4n) is 11.3. The van der Waals surface area contributed by atoms with Gasteiger partial charge in [0.25, 0.3) is 0 Å². The molecule has 0 nitrogen and oxygen atoms in total. The zero-order valence-electron chi connectivity index (χ0n) is 22.1. The molecule has 0 saturated heterocycles. The van der Waals surface area contributed by atoms with E-state index in [4.69, 9.17) is 0 Å². The van der Waals surface area contributed by atoms with Gasteiger partial charge in [0, 0.05) is 0 Å². The van der Waals surface area contributed by atoms with Crippen molar-refractivity contribution in [1.29, 1.82) is 0 Å². The quantitative estimate of drug-likeness (QED) is 0.385. The first-order valence-electron chi connectivity index (χ1n) is 14.1. The number of rotatable bonds is 5. The van der Waals surface area contributed by atoms with Crippen LogP contribution in [0.3, 0.4) is 0 Å². The molecule has 0 aromatic rings. The van der Waals surface area contributed by atoms with Crippen LogP contribution in [0.25, 0.3) is 0 Å². The van der Waals surface area contributed by atoms with Gasteiger partial charge in [0.05, 0.1) is 0 Å². The lowest BCUT2D eigenvalue weighted by molar-refractivity contribution is -0.142. The largest absolute Gasteiger partial charge is 0.0996 e. The lowest BCUT2D eigenvalue weighted by Gasteiger charge is -2.63. The summed E-state index contributed by atoms with van der Waals surface area (Å²) >= 11 is 0. The molecule has 5 fully saturated rings. The molecule has 8 unspecified atom stereocenters. The highest BCUT2D eigenvalue weighted by Crippen LogP contribution is 2.89. The van der Waals surface area contributed by atoms with Crippen molar-refractivity contribution < 1.29 is 0 Å². The molecule has 5 aliphatic rings. The van der Waals surface area contributed by atoms with Crippen molar-refractivity contribution in [2.75, 3.05) is 0 Å². The van der Waals surface area contributed by atoms with E-state index in [9.17, 15) is 0 Å². The zero-order chi connectivity index (χ0) is 22.4. The second-order valence-corrected chi connectivity index (χ2v) is 14.8. The number of fused-ring (bicyclic) bond motifs is 2. The van der Waals surface area contributed by atoms with Crippen LogP contribution in [-0.2, 0) is 0 Å². The van der Waals surface area contributed by atoms with E-state index in [0.29, 0.717) is 22.2 Å². The average molecular weight is 425 g/mol. The standard InChI is InChI=1S/C31H52/c1-21(2)22(3)10-11-23(4)24-14-17-29(8)26-13-12-25-27(5,6)15-9-16-30(25)20-31(26,30)19-18-28(24,29)7/h21,23-26H,3,9-20H2,1-2,4-8H3. The van der Waals surface area contributed by atoms with E-state index >= 15 is 0 Å². The highest BCUT2D eigenvalue weighted by molar-refractivity contribution is 5.30. The van der Waals surface area contributed by atoms with E-state index in [1.807, 2.05) is 0 Å². The van der Waals surface area contributed by atoms with Crippen LogP contribution in [0.1, 0.15) is 126 Å². The maximum atomic E-state index is 4.38. The van der Waals surface area contributed by atoms with Gasteiger partial charge in [-0.15, -0.1) is 0 Å². The van der Waals surface area contributed by atoms with Gasteiger partial charge in [-0.1, -0.05) is 67.0 Å². The van der Waals surface area contributed by atoms with Crippen molar-refractivity contribution in [3.63, 3.8) is 0 Å². The molecule has 5 saturated carbocycles. The van der Waals surface area contributed by atoms with Crippen molar-refractivity contribution in [3.8, 4) is 0 Å². The molecule has 0 radical (unpaired) electrons. The van der Waals surface area contributed by atoms with Crippen LogP contribution in [-0.4, -0.2) is 0 Å². The Kier molecular flexibility index (Phi) is 5.00. The smallest absolute Gasteiger partial charge is 0.0198 e. The minimum absolute atomic E-state index is 0.572. The van der Waals surface area contributed by atoms with Gasteiger partial charge in [-0.3, -0.25) is 0 Å². The minimum Gasteiger partial charge on any atom is -0.0996 e. The lowest BCUT2D eigenvalue weighted by atomic mass is 9.42. The normalized spacial score (nSPS) is 50.8. The Morgan fingerprint density at radius 3 is 2.19 bits per heavy atom. The summed E-state index contributed by atoms with van der Waals surface area (Å²) in [5.74, 6) is 4.48. The second kappa shape index (κ2) is 6.88. The van der Waals surface area contributed by atoms with Crippen molar-refractivity contribution in [2.45, 2.75) is 126 Å². The van der Waals surface area contributed by atoms with Gasteiger partial charge in [0.15, 0.2) is 0 Å². The predicted octanol–water partition coefficient (Wildman–Crippen LogP) is 9.44. The monoisotopic (exact) mass is 424 g/mol. The molecule has 0 aromatic heterocycles. The van der Waals surface area contributed by atoms with E-state index in [2.05, 4.69) is 55.0 Å². The molecule has 5 aliphatic carbocycles. The third-order valence-electron chi connectivity index (χ3n) is 13.3. The second-order valence-electron chi connectivity index (χ2n) is 14.8. The van der Waals surface area contributed by atoms with Gasteiger partial charge >= 0.3 is 0 Å². The van der Waals surface area contributed by atoms with Gasteiger partial charge in [-0.05, 0) is 127 Å². The highest BCUT2D eigenvalue weighted by atomic mass is 14.9. The van der Waals surface area contributed by atoms with Crippen molar-refractivity contribution in [3.05, 3.63) is 12.2 Å². The van der Waals surface area contributed by atoms with Gasteiger partial charge in [-0.25, -0.2) is 0 Å². The number of hydrogen-bond donors (Lipinski definition) is 0. The molecular formula is C31H52. The van der Waals surface area contributed by atoms with Crippen LogP contribution in [0.2, 0.25) is 0 Å². The van der Waals surface area contributed by atoms with E-state index in [1.165, 1.54) is 50.5 Å². The molecule has 0 aromatic carbocycles. The summed E-state index contributed by atoms with van der Waals surface area (Å²) in [4.78, 5) is 0. The van der Waals surface area contributed by atoms with Crippen LogP contribution in [0.5, 0.6) is 0 Å². The Morgan fingerprint density at radius 2 is 1.48 bits per heavy atom. The Balaban J connectivity index is 1.38.